The Morgan fingerprint density at radius 1 is 1.39 bits per heavy atom. The van der Waals surface area contributed by atoms with Crippen molar-refractivity contribution < 1.29 is 17.2 Å². The molecule has 1 fully saturated rings. The minimum absolute atomic E-state index is 0.197. The SMILES string of the molecule is CNC(CS(=O)(=O)c1cc(F)ccc1F)C1CC1. The van der Waals surface area contributed by atoms with Crippen LogP contribution >= 0.6 is 0 Å². The van der Waals surface area contributed by atoms with Crippen LogP contribution in [0.1, 0.15) is 12.8 Å². The Hall–Kier alpha value is -1.01. The lowest BCUT2D eigenvalue weighted by Gasteiger charge is -2.15. The molecule has 0 aliphatic heterocycles. The monoisotopic (exact) mass is 275 g/mol. The predicted molar refractivity (Wildman–Crippen MR) is 64.0 cm³/mol. The molecule has 6 heteroatoms. The van der Waals surface area contributed by atoms with Gasteiger partial charge < -0.3 is 5.32 Å². The van der Waals surface area contributed by atoms with Crippen LogP contribution in [0, 0.1) is 17.6 Å². The van der Waals surface area contributed by atoms with Crippen LogP contribution in [-0.2, 0) is 9.84 Å². The number of sulfone groups is 1. The maximum atomic E-state index is 13.5. The first-order chi connectivity index (χ1) is 8.44. The second-order valence-electron chi connectivity index (χ2n) is 4.59. The van der Waals surface area contributed by atoms with E-state index in [0.717, 1.165) is 31.0 Å². The topological polar surface area (TPSA) is 46.2 Å². The Labute approximate surface area is 105 Å². The quantitative estimate of drug-likeness (QED) is 0.890. The van der Waals surface area contributed by atoms with Gasteiger partial charge in [0.05, 0.1) is 5.75 Å². The van der Waals surface area contributed by atoms with Crippen molar-refractivity contribution in [1.82, 2.24) is 5.32 Å². The molecule has 1 unspecified atom stereocenters. The molecular formula is C12H15F2NO2S. The average Bonchev–Trinajstić information content (AvgIpc) is 3.13. The first kappa shape index (κ1) is 13.4. The van der Waals surface area contributed by atoms with E-state index in [9.17, 15) is 17.2 Å². The standard InChI is InChI=1S/C12H15F2NO2S/c1-15-11(8-2-3-8)7-18(16,17)12-6-9(13)4-5-10(12)14/h4-6,8,11,15H,2-3,7H2,1H3. The fraction of sp³-hybridized carbons (Fsp3) is 0.500. The zero-order valence-corrected chi connectivity index (χ0v) is 10.8. The lowest BCUT2D eigenvalue weighted by Crippen LogP contribution is -2.35. The van der Waals surface area contributed by atoms with Crippen molar-refractivity contribution in [3.8, 4) is 0 Å². The summed E-state index contributed by atoms with van der Waals surface area (Å²) in [6, 6.07) is 2.29. The van der Waals surface area contributed by atoms with Crippen LogP contribution in [0.4, 0.5) is 8.78 Å². The van der Waals surface area contributed by atoms with Crippen LogP contribution in [0.3, 0.4) is 0 Å². The first-order valence-corrected chi connectivity index (χ1v) is 7.44. The Bertz CT molecular complexity index is 541. The van der Waals surface area contributed by atoms with Crippen LogP contribution in [-0.4, -0.2) is 27.3 Å². The van der Waals surface area contributed by atoms with Crippen molar-refractivity contribution in [3.05, 3.63) is 29.8 Å². The summed E-state index contributed by atoms with van der Waals surface area (Å²) in [7, 11) is -2.13. The third-order valence-corrected chi connectivity index (χ3v) is 4.97. The fourth-order valence-corrected chi connectivity index (χ4v) is 3.74. The van der Waals surface area contributed by atoms with Gasteiger partial charge in [-0.05, 0) is 44.0 Å². The van der Waals surface area contributed by atoms with Crippen molar-refractivity contribution in [2.24, 2.45) is 5.92 Å². The van der Waals surface area contributed by atoms with Gasteiger partial charge in [0, 0.05) is 6.04 Å². The second kappa shape index (κ2) is 4.93. The molecule has 1 aromatic rings. The van der Waals surface area contributed by atoms with Crippen molar-refractivity contribution in [3.63, 3.8) is 0 Å². The molecule has 0 radical (unpaired) electrons. The van der Waals surface area contributed by atoms with Gasteiger partial charge in [0.25, 0.3) is 0 Å². The summed E-state index contributed by atoms with van der Waals surface area (Å²) in [5, 5.41) is 2.93. The zero-order valence-electron chi connectivity index (χ0n) is 9.99. The van der Waals surface area contributed by atoms with E-state index in [2.05, 4.69) is 5.32 Å². The third kappa shape index (κ3) is 2.87. The van der Waals surface area contributed by atoms with Gasteiger partial charge in [0.1, 0.15) is 16.5 Å². The Morgan fingerprint density at radius 3 is 2.61 bits per heavy atom. The van der Waals surface area contributed by atoms with Gasteiger partial charge in [-0.2, -0.15) is 0 Å². The van der Waals surface area contributed by atoms with Crippen LogP contribution < -0.4 is 5.32 Å². The number of hydrogen-bond donors (Lipinski definition) is 1. The minimum atomic E-state index is -3.81. The zero-order chi connectivity index (χ0) is 13.3. The smallest absolute Gasteiger partial charge is 0.182 e. The molecule has 0 bridgehead atoms. The molecule has 1 aliphatic carbocycles. The molecule has 1 atom stereocenters. The molecule has 0 amide bonds. The second-order valence-corrected chi connectivity index (χ2v) is 6.59. The van der Waals surface area contributed by atoms with E-state index in [1.807, 2.05) is 0 Å². The Morgan fingerprint density at radius 2 is 2.06 bits per heavy atom. The van der Waals surface area contributed by atoms with Crippen molar-refractivity contribution >= 4 is 9.84 Å². The number of nitrogens with one attached hydrogen (secondary N) is 1. The molecule has 3 nitrogen and oxygen atoms in total. The van der Waals surface area contributed by atoms with Gasteiger partial charge in [0.2, 0.25) is 0 Å². The largest absolute Gasteiger partial charge is 0.316 e. The van der Waals surface area contributed by atoms with E-state index in [1.54, 1.807) is 7.05 Å². The van der Waals surface area contributed by atoms with E-state index in [-0.39, 0.29) is 11.8 Å². The number of rotatable bonds is 5. The lowest BCUT2D eigenvalue weighted by molar-refractivity contribution is 0.518. The van der Waals surface area contributed by atoms with Gasteiger partial charge in [-0.15, -0.1) is 0 Å². The van der Waals surface area contributed by atoms with E-state index in [0.29, 0.717) is 5.92 Å². The van der Waals surface area contributed by atoms with Crippen LogP contribution in [0.15, 0.2) is 23.1 Å². The highest BCUT2D eigenvalue weighted by Crippen LogP contribution is 2.34. The number of halogens is 2. The lowest BCUT2D eigenvalue weighted by atomic mass is 10.2. The van der Waals surface area contributed by atoms with Crippen LogP contribution in [0.25, 0.3) is 0 Å². The number of hydrogen-bond acceptors (Lipinski definition) is 3. The summed E-state index contributed by atoms with van der Waals surface area (Å²) in [6.07, 6.45) is 1.96. The van der Waals surface area contributed by atoms with Crippen LogP contribution in [0.5, 0.6) is 0 Å². The molecule has 1 saturated carbocycles. The molecule has 1 aromatic carbocycles. The van der Waals surface area contributed by atoms with Crippen molar-refractivity contribution in [1.29, 1.82) is 0 Å². The van der Waals surface area contributed by atoms with Gasteiger partial charge in [-0.3, -0.25) is 0 Å². The third-order valence-electron chi connectivity index (χ3n) is 3.19. The molecule has 0 saturated heterocycles. The maximum Gasteiger partial charge on any atom is 0.182 e. The molecular weight excluding hydrogens is 260 g/mol. The molecule has 0 spiro atoms. The summed E-state index contributed by atoms with van der Waals surface area (Å²) < 4.78 is 50.6. The van der Waals surface area contributed by atoms with Gasteiger partial charge in [-0.25, -0.2) is 17.2 Å². The minimum Gasteiger partial charge on any atom is -0.316 e. The fourth-order valence-electron chi connectivity index (χ4n) is 2.00. The predicted octanol–water partition coefficient (Wildman–Crippen LogP) is 1.74. The summed E-state index contributed by atoms with van der Waals surface area (Å²) >= 11 is 0. The summed E-state index contributed by atoms with van der Waals surface area (Å²) in [6.45, 7) is 0. The summed E-state index contributed by atoms with van der Waals surface area (Å²) in [5.41, 5.74) is 0. The highest BCUT2D eigenvalue weighted by Gasteiger charge is 2.34. The maximum absolute atomic E-state index is 13.5. The van der Waals surface area contributed by atoms with Crippen molar-refractivity contribution in [2.45, 2.75) is 23.8 Å². The van der Waals surface area contributed by atoms with Gasteiger partial charge >= 0.3 is 0 Å². The van der Waals surface area contributed by atoms with E-state index < -0.39 is 26.4 Å². The average molecular weight is 275 g/mol. The van der Waals surface area contributed by atoms with E-state index in [4.69, 9.17) is 0 Å². The number of benzene rings is 1. The first-order valence-electron chi connectivity index (χ1n) is 5.79. The summed E-state index contributed by atoms with van der Waals surface area (Å²) in [4.78, 5) is -0.552. The molecule has 18 heavy (non-hydrogen) atoms. The van der Waals surface area contributed by atoms with Crippen molar-refractivity contribution in [2.75, 3.05) is 12.8 Å². The normalized spacial score (nSPS) is 17.7. The Kier molecular flexibility index (Phi) is 3.68. The van der Waals surface area contributed by atoms with E-state index in [1.165, 1.54) is 0 Å². The molecule has 1 N–H and O–H groups in total. The Balaban J connectivity index is 2.26. The van der Waals surface area contributed by atoms with Crippen LogP contribution in [0.2, 0.25) is 0 Å². The van der Waals surface area contributed by atoms with E-state index >= 15 is 0 Å². The molecule has 100 valence electrons. The van der Waals surface area contributed by atoms with Gasteiger partial charge in [-0.1, -0.05) is 0 Å². The molecule has 0 heterocycles. The molecule has 2 rings (SSSR count). The summed E-state index contributed by atoms with van der Waals surface area (Å²) in [5.74, 6) is -1.53. The highest BCUT2D eigenvalue weighted by molar-refractivity contribution is 7.91. The molecule has 1 aliphatic rings. The molecule has 0 aromatic heterocycles. The van der Waals surface area contributed by atoms with Gasteiger partial charge in [0.15, 0.2) is 9.84 Å². The highest BCUT2D eigenvalue weighted by atomic mass is 32.2.